The van der Waals surface area contributed by atoms with E-state index in [4.69, 9.17) is 39.0 Å². The van der Waals surface area contributed by atoms with E-state index in [1.807, 2.05) is 0 Å². The lowest BCUT2D eigenvalue weighted by Crippen LogP contribution is -2.43. The highest BCUT2D eigenvalue weighted by Gasteiger charge is 2.32. The van der Waals surface area contributed by atoms with E-state index in [2.05, 4.69) is 110 Å². The standard InChI is InChI=1S/C15H32N3P.C9H21ClNP.CH3Cl2OP/c1-12(2)17(13(3)4)19(11-9-10-16)18(14(5)6)15(7)8;1-6-7-12(10)11(8(2)3)9(4)5;1-5(2,3)4/h12-15H,9,11H2,1-8H3;8-9H,6-7H2,1-5H3;1H3. The van der Waals surface area contributed by atoms with Gasteiger partial charge < -0.3 is 0 Å². The monoisotopic (exact) mass is 626 g/mol. The summed E-state index contributed by atoms with van der Waals surface area (Å²) in [5, 5.41) is 8.96. The molecule has 0 aliphatic carbocycles. The summed E-state index contributed by atoms with van der Waals surface area (Å²) in [4.78, 5) is 0. The van der Waals surface area contributed by atoms with E-state index in [0.29, 0.717) is 42.7 Å². The second-order valence-electron chi connectivity index (χ2n) is 10.5. The molecule has 0 amide bonds. The molecular weight excluding hydrogens is 572 g/mol. The first-order chi connectivity index (χ1) is 16.2. The van der Waals surface area contributed by atoms with Crippen molar-refractivity contribution < 1.29 is 4.57 Å². The molecule has 1 unspecified atom stereocenters. The molecule has 0 aliphatic heterocycles. The van der Waals surface area contributed by atoms with Crippen LogP contribution in [0.4, 0.5) is 0 Å². The minimum atomic E-state index is -2.69. The molecule has 0 saturated carbocycles. The van der Waals surface area contributed by atoms with E-state index < -0.39 is 21.5 Å². The summed E-state index contributed by atoms with van der Waals surface area (Å²) < 4.78 is 17.4. The summed E-state index contributed by atoms with van der Waals surface area (Å²) in [5.74, 6) is -2.69. The zero-order valence-electron chi connectivity index (χ0n) is 25.5. The normalized spacial score (nSPS) is 13.3. The van der Waals surface area contributed by atoms with Crippen LogP contribution in [-0.2, 0) is 4.57 Å². The second kappa shape index (κ2) is 22.1. The molecule has 0 N–H and O–H groups in total. The third-order valence-electron chi connectivity index (χ3n) is 4.79. The van der Waals surface area contributed by atoms with Crippen molar-refractivity contribution in [1.29, 1.82) is 5.26 Å². The molecule has 0 radical (unpaired) electrons. The highest BCUT2D eigenvalue weighted by atomic mass is 35.9. The van der Waals surface area contributed by atoms with Gasteiger partial charge in [0, 0.05) is 63.7 Å². The molecule has 0 aliphatic rings. The average Bonchev–Trinajstić information content (AvgIpc) is 2.63. The van der Waals surface area contributed by atoms with Crippen molar-refractivity contribution >= 4 is 55.2 Å². The van der Waals surface area contributed by atoms with Gasteiger partial charge >= 0.3 is 0 Å². The molecule has 0 saturated heterocycles. The Morgan fingerprint density at radius 1 is 0.722 bits per heavy atom. The zero-order chi connectivity index (χ0) is 29.4. The van der Waals surface area contributed by atoms with Gasteiger partial charge in [-0.3, -0.25) is 18.6 Å². The largest absolute Gasteiger partial charge is 0.290 e. The van der Waals surface area contributed by atoms with Crippen molar-refractivity contribution in [2.75, 3.05) is 19.0 Å². The SMILES string of the molecule is CC(C)N(C(C)C)P(CCC#N)N(C(C)C)C(C)C.CCCP(Cl)N(C(C)C)C(C)C.CP(=O)(Cl)Cl. The van der Waals surface area contributed by atoms with E-state index in [1.54, 1.807) is 0 Å². The average molecular weight is 628 g/mol. The topological polar surface area (TPSA) is 50.6 Å². The van der Waals surface area contributed by atoms with Crippen LogP contribution in [0.3, 0.4) is 0 Å². The van der Waals surface area contributed by atoms with Crippen molar-refractivity contribution in [1.82, 2.24) is 14.0 Å². The number of nitriles is 1. The molecule has 0 spiro atoms. The van der Waals surface area contributed by atoms with E-state index in [9.17, 15) is 4.57 Å². The van der Waals surface area contributed by atoms with Crippen molar-refractivity contribution in [3.05, 3.63) is 0 Å². The van der Waals surface area contributed by atoms with E-state index >= 15 is 0 Å². The van der Waals surface area contributed by atoms with Crippen LogP contribution in [0.5, 0.6) is 0 Å². The Bertz CT molecular complexity index is 574. The van der Waals surface area contributed by atoms with Gasteiger partial charge in [-0.15, -0.1) is 0 Å². The Balaban J connectivity index is -0.000000543. The summed E-state index contributed by atoms with van der Waals surface area (Å²) in [6.45, 7) is 30.4. The summed E-state index contributed by atoms with van der Waals surface area (Å²) in [6.07, 6.45) is 3.97. The van der Waals surface area contributed by atoms with E-state index in [0.717, 1.165) is 12.3 Å². The quantitative estimate of drug-likeness (QED) is 0.190. The molecule has 5 nitrogen and oxygen atoms in total. The van der Waals surface area contributed by atoms with Gasteiger partial charge in [-0.25, -0.2) is 0 Å². The van der Waals surface area contributed by atoms with Crippen molar-refractivity contribution in [2.24, 2.45) is 0 Å². The molecule has 0 heterocycles. The predicted octanol–water partition coefficient (Wildman–Crippen LogP) is 10.8. The van der Waals surface area contributed by atoms with Gasteiger partial charge in [0.05, 0.1) is 13.5 Å². The second-order valence-corrected chi connectivity index (χ2v) is 21.2. The molecule has 218 valence electrons. The van der Waals surface area contributed by atoms with Crippen molar-refractivity contribution in [3.63, 3.8) is 0 Å². The van der Waals surface area contributed by atoms with Crippen LogP contribution in [0.1, 0.15) is 103 Å². The number of halogens is 3. The highest BCUT2D eigenvalue weighted by Crippen LogP contribution is 2.52. The lowest BCUT2D eigenvalue weighted by Gasteiger charge is -2.47. The lowest BCUT2D eigenvalue weighted by molar-refractivity contribution is 0.256. The maximum absolute atomic E-state index is 9.75. The molecule has 0 rings (SSSR count). The molecule has 11 heteroatoms. The van der Waals surface area contributed by atoms with Gasteiger partial charge in [0.25, 0.3) is 0 Å². The van der Waals surface area contributed by atoms with E-state index in [-0.39, 0.29) is 0 Å². The molecule has 0 aromatic heterocycles. The van der Waals surface area contributed by atoms with Crippen molar-refractivity contribution in [2.45, 2.75) is 139 Å². The number of rotatable bonds is 13. The number of hydrogen-bond acceptors (Lipinski definition) is 5. The minimum Gasteiger partial charge on any atom is -0.290 e. The van der Waals surface area contributed by atoms with Crippen LogP contribution >= 0.6 is 55.2 Å². The Morgan fingerprint density at radius 2 is 1.00 bits per heavy atom. The van der Waals surface area contributed by atoms with Crippen LogP contribution in [0.25, 0.3) is 0 Å². The Labute approximate surface area is 242 Å². The summed E-state index contributed by atoms with van der Waals surface area (Å²) in [6, 6.07) is 5.54. The Morgan fingerprint density at radius 3 is 1.19 bits per heavy atom. The van der Waals surface area contributed by atoms with Crippen LogP contribution < -0.4 is 0 Å². The van der Waals surface area contributed by atoms with Gasteiger partial charge in [0.2, 0.25) is 5.85 Å². The molecule has 36 heavy (non-hydrogen) atoms. The first-order valence-corrected chi connectivity index (χ1v) is 20.9. The molecule has 0 bridgehead atoms. The van der Waals surface area contributed by atoms with Crippen LogP contribution in [-0.4, -0.2) is 69.3 Å². The summed E-state index contributed by atoms with van der Waals surface area (Å²) in [5.41, 5.74) is 0. The third-order valence-corrected chi connectivity index (χ3v) is 11.6. The molecular formula is C25H56Cl3N4OP3. The maximum atomic E-state index is 9.75. The number of nitrogens with zero attached hydrogens (tertiary/aromatic N) is 4. The van der Waals surface area contributed by atoms with Crippen LogP contribution in [0.2, 0.25) is 0 Å². The van der Waals surface area contributed by atoms with Gasteiger partial charge in [-0.05, 0) is 118 Å². The first-order valence-electron chi connectivity index (χ1n) is 13.1. The van der Waals surface area contributed by atoms with Crippen LogP contribution in [0.15, 0.2) is 0 Å². The molecule has 0 fully saturated rings. The van der Waals surface area contributed by atoms with E-state index in [1.165, 1.54) is 13.1 Å². The van der Waals surface area contributed by atoms with Gasteiger partial charge in [0.15, 0.2) is 0 Å². The summed E-state index contributed by atoms with van der Waals surface area (Å²) in [7, 11) is -0.824. The maximum Gasteiger partial charge on any atom is 0.250 e. The van der Waals surface area contributed by atoms with Gasteiger partial charge in [-0.2, -0.15) is 5.26 Å². The molecule has 0 aromatic rings. The molecule has 0 aromatic carbocycles. The van der Waals surface area contributed by atoms with Gasteiger partial charge in [0.1, 0.15) is 0 Å². The summed E-state index contributed by atoms with van der Waals surface area (Å²) >= 11 is 16.0. The first kappa shape index (κ1) is 41.8. The Kier molecular flexibility index (Phi) is 25.6. The third kappa shape index (κ3) is 21.2. The highest BCUT2D eigenvalue weighted by molar-refractivity contribution is 8.08. The fourth-order valence-corrected chi connectivity index (χ4v) is 10.4. The van der Waals surface area contributed by atoms with Crippen molar-refractivity contribution in [3.8, 4) is 6.07 Å². The molecule has 1 atom stereocenters. The lowest BCUT2D eigenvalue weighted by atomic mass is 10.3. The van der Waals surface area contributed by atoms with Gasteiger partial charge in [-0.1, -0.05) is 18.2 Å². The fourth-order valence-electron chi connectivity index (χ4n) is 4.16. The minimum absolute atomic E-state index is 0.407. The van der Waals surface area contributed by atoms with Crippen LogP contribution in [0, 0.1) is 11.3 Å². The fraction of sp³-hybridized carbons (Fsp3) is 0.960. The smallest absolute Gasteiger partial charge is 0.250 e. The number of hydrogen-bond donors (Lipinski definition) is 0. The zero-order valence-corrected chi connectivity index (χ0v) is 30.4. The predicted molar refractivity (Wildman–Crippen MR) is 172 cm³/mol. The Hall–Kier alpha value is 1.33.